The second-order valence-corrected chi connectivity index (χ2v) is 3.83. The fourth-order valence-electron chi connectivity index (χ4n) is 1.07. The minimum Gasteiger partial charge on any atom is -0.481 e. The summed E-state index contributed by atoms with van der Waals surface area (Å²) < 4.78 is 0. The van der Waals surface area contributed by atoms with Crippen LogP contribution in [0.25, 0.3) is 0 Å². The van der Waals surface area contributed by atoms with Gasteiger partial charge in [0.2, 0.25) is 0 Å². The second-order valence-electron chi connectivity index (χ2n) is 3.43. The normalized spacial score (nSPS) is 11.6. The van der Waals surface area contributed by atoms with Gasteiger partial charge >= 0.3 is 5.97 Å². The summed E-state index contributed by atoms with van der Waals surface area (Å²) in [6.45, 7) is 1.93. The highest BCUT2D eigenvalue weighted by Crippen LogP contribution is 2.20. The van der Waals surface area contributed by atoms with Crippen molar-refractivity contribution < 1.29 is 9.90 Å². The van der Waals surface area contributed by atoms with E-state index in [9.17, 15) is 4.79 Å². The van der Waals surface area contributed by atoms with Gasteiger partial charge in [-0.3, -0.25) is 4.79 Å². The van der Waals surface area contributed by atoms with Crippen LogP contribution >= 0.6 is 11.6 Å². The minimum atomic E-state index is -0.854. The van der Waals surface area contributed by atoms with E-state index in [-0.39, 0.29) is 0 Å². The molecule has 4 nitrogen and oxygen atoms in total. The summed E-state index contributed by atoms with van der Waals surface area (Å²) in [6, 6.07) is 6.84. The summed E-state index contributed by atoms with van der Waals surface area (Å²) in [5.41, 5.74) is 1.11. The minimum absolute atomic E-state index is 0.317. The maximum absolute atomic E-state index is 10.6. The zero-order chi connectivity index (χ0) is 12.1. The lowest BCUT2D eigenvalue weighted by Crippen LogP contribution is -2.19. The number of hydrogen-bond donors (Lipinski definition) is 2. The molecule has 0 aliphatic heterocycles. The number of hydrogen-bond acceptors (Lipinski definition) is 3. The third-order valence-electron chi connectivity index (χ3n) is 2.12. The van der Waals surface area contributed by atoms with Gasteiger partial charge in [0.25, 0.3) is 0 Å². The van der Waals surface area contributed by atoms with Gasteiger partial charge in [0.1, 0.15) is 6.07 Å². The predicted octanol–water partition coefficient (Wildman–Crippen LogP) is 2.34. The molecule has 0 aliphatic rings. The summed E-state index contributed by atoms with van der Waals surface area (Å²) in [7, 11) is 0. The largest absolute Gasteiger partial charge is 0.481 e. The Morgan fingerprint density at radius 2 is 2.38 bits per heavy atom. The Balaban J connectivity index is 2.66. The lowest BCUT2D eigenvalue weighted by molar-refractivity contribution is -0.140. The van der Waals surface area contributed by atoms with Crippen LogP contribution in [0.1, 0.15) is 12.5 Å². The number of aliphatic carboxylic acids is 1. The number of halogens is 1. The van der Waals surface area contributed by atoms with Gasteiger partial charge in [0.05, 0.1) is 16.5 Å². The van der Waals surface area contributed by atoms with Crippen LogP contribution in [0.15, 0.2) is 18.2 Å². The van der Waals surface area contributed by atoms with Gasteiger partial charge in [-0.1, -0.05) is 18.5 Å². The molecule has 0 aromatic heterocycles. The van der Waals surface area contributed by atoms with Crippen molar-refractivity contribution in [2.45, 2.75) is 6.92 Å². The van der Waals surface area contributed by atoms with Crippen molar-refractivity contribution in [1.82, 2.24) is 0 Å². The summed E-state index contributed by atoms with van der Waals surface area (Å²) in [4.78, 5) is 10.6. The number of rotatable bonds is 4. The Morgan fingerprint density at radius 1 is 1.69 bits per heavy atom. The number of benzene rings is 1. The van der Waals surface area contributed by atoms with Crippen molar-refractivity contribution in [3.8, 4) is 6.07 Å². The molecule has 84 valence electrons. The topological polar surface area (TPSA) is 73.1 Å². The summed E-state index contributed by atoms with van der Waals surface area (Å²) in [5, 5.41) is 20.7. The van der Waals surface area contributed by atoms with E-state index in [4.69, 9.17) is 22.0 Å². The monoisotopic (exact) mass is 238 g/mol. The van der Waals surface area contributed by atoms with E-state index in [1.54, 1.807) is 25.1 Å². The van der Waals surface area contributed by atoms with Crippen LogP contribution in [-0.2, 0) is 4.79 Å². The number of nitrogens with zero attached hydrogens (tertiary/aromatic N) is 1. The highest BCUT2D eigenvalue weighted by Gasteiger charge is 2.10. The molecule has 0 saturated carbocycles. The number of carboxylic acids is 1. The first kappa shape index (κ1) is 12.3. The fourth-order valence-corrected chi connectivity index (χ4v) is 1.30. The van der Waals surface area contributed by atoms with E-state index in [0.29, 0.717) is 22.8 Å². The van der Waals surface area contributed by atoms with Crippen LogP contribution in [0.2, 0.25) is 5.02 Å². The summed E-state index contributed by atoms with van der Waals surface area (Å²) in [6.07, 6.45) is 0. The molecular weight excluding hydrogens is 228 g/mol. The van der Waals surface area contributed by atoms with Gasteiger partial charge < -0.3 is 10.4 Å². The average molecular weight is 239 g/mol. The van der Waals surface area contributed by atoms with Crippen molar-refractivity contribution in [2.24, 2.45) is 5.92 Å². The quantitative estimate of drug-likeness (QED) is 0.845. The number of anilines is 1. The third kappa shape index (κ3) is 3.14. The molecule has 0 aliphatic carbocycles. The van der Waals surface area contributed by atoms with Gasteiger partial charge in [-0.25, -0.2) is 0 Å². The molecule has 0 radical (unpaired) electrons. The molecule has 0 amide bonds. The maximum atomic E-state index is 10.6. The van der Waals surface area contributed by atoms with Crippen molar-refractivity contribution in [3.05, 3.63) is 28.8 Å². The standard InChI is InChI=1S/C11H11ClN2O2/c1-7(11(15)16)6-14-9-3-2-8(5-13)10(12)4-9/h2-4,7,14H,6H2,1H3,(H,15,16). The zero-order valence-corrected chi connectivity index (χ0v) is 9.45. The molecule has 0 saturated heterocycles. The molecule has 1 rings (SSSR count). The Kier molecular flexibility index (Phi) is 4.15. The molecule has 1 unspecified atom stereocenters. The molecule has 16 heavy (non-hydrogen) atoms. The van der Waals surface area contributed by atoms with E-state index in [1.165, 1.54) is 0 Å². The molecular formula is C11H11ClN2O2. The molecule has 1 atom stereocenters. The maximum Gasteiger partial charge on any atom is 0.308 e. The van der Waals surface area contributed by atoms with E-state index in [2.05, 4.69) is 5.32 Å². The SMILES string of the molecule is CC(CNc1ccc(C#N)c(Cl)c1)C(=O)O. The zero-order valence-electron chi connectivity index (χ0n) is 8.70. The average Bonchev–Trinajstić information content (AvgIpc) is 2.25. The lowest BCUT2D eigenvalue weighted by atomic mass is 10.1. The van der Waals surface area contributed by atoms with Gasteiger partial charge in [-0.05, 0) is 18.2 Å². The van der Waals surface area contributed by atoms with Crippen LogP contribution in [0.4, 0.5) is 5.69 Å². The highest BCUT2D eigenvalue weighted by atomic mass is 35.5. The Morgan fingerprint density at radius 3 is 2.88 bits per heavy atom. The predicted molar refractivity (Wildman–Crippen MR) is 61.5 cm³/mol. The van der Waals surface area contributed by atoms with Gasteiger partial charge in [-0.2, -0.15) is 5.26 Å². The molecule has 0 bridgehead atoms. The first-order valence-electron chi connectivity index (χ1n) is 4.71. The molecule has 5 heteroatoms. The first-order valence-corrected chi connectivity index (χ1v) is 5.08. The molecule has 1 aromatic carbocycles. The third-order valence-corrected chi connectivity index (χ3v) is 2.44. The van der Waals surface area contributed by atoms with E-state index >= 15 is 0 Å². The van der Waals surface area contributed by atoms with Crippen LogP contribution < -0.4 is 5.32 Å². The van der Waals surface area contributed by atoms with Crippen molar-refractivity contribution >= 4 is 23.3 Å². The van der Waals surface area contributed by atoms with Gasteiger partial charge in [-0.15, -0.1) is 0 Å². The van der Waals surface area contributed by atoms with E-state index < -0.39 is 11.9 Å². The van der Waals surface area contributed by atoms with Crippen LogP contribution in [0.3, 0.4) is 0 Å². The van der Waals surface area contributed by atoms with Crippen molar-refractivity contribution in [1.29, 1.82) is 5.26 Å². The lowest BCUT2D eigenvalue weighted by Gasteiger charge is -2.10. The van der Waals surface area contributed by atoms with Gasteiger partial charge in [0, 0.05) is 12.2 Å². The number of carbonyl (C=O) groups is 1. The second kappa shape index (κ2) is 5.38. The Labute approximate surface area is 98.5 Å². The molecule has 0 spiro atoms. The Hall–Kier alpha value is -1.73. The van der Waals surface area contributed by atoms with Crippen molar-refractivity contribution in [2.75, 3.05) is 11.9 Å². The molecule has 1 aromatic rings. The Bertz CT molecular complexity index is 440. The molecule has 0 heterocycles. The number of carboxylic acid groups (broad SMARTS) is 1. The van der Waals surface area contributed by atoms with Crippen LogP contribution in [0, 0.1) is 17.2 Å². The fraction of sp³-hybridized carbons (Fsp3) is 0.273. The first-order chi connectivity index (χ1) is 7.54. The van der Waals surface area contributed by atoms with E-state index in [0.717, 1.165) is 0 Å². The highest BCUT2D eigenvalue weighted by molar-refractivity contribution is 6.32. The van der Waals surface area contributed by atoms with Gasteiger partial charge in [0.15, 0.2) is 0 Å². The molecule has 0 fully saturated rings. The summed E-state index contributed by atoms with van der Waals surface area (Å²) in [5.74, 6) is -1.33. The smallest absolute Gasteiger partial charge is 0.308 e. The molecule has 2 N–H and O–H groups in total. The van der Waals surface area contributed by atoms with Crippen LogP contribution in [0.5, 0.6) is 0 Å². The van der Waals surface area contributed by atoms with Crippen LogP contribution in [-0.4, -0.2) is 17.6 Å². The number of nitrogens with one attached hydrogen (secondary N) is 1. The number of nitriles is 1. The van der Waals surface area contributed by atoms with Crippen molar-refractivity contribution in [3.63, 3.8) is 0 Å². The summed E-state index contributed by atoms with van der Waals surface area (Å²) >= 11 is 5.83. The van der Waals surface area contributed by atoms with E-state index in [1.807, 2.05) is 6.07 Å².